The highest BCUT2D eigenvalue weighted by molar-refractivity contribution is 6.81. The Kier molecular flexibility index (Phi) is 6.13. The number of aromatic amines is 1. The van der Waals surface area contributed by atoms with Gasteiger partial charge in [0.25, 0.3) is 0 Å². The van der Waals surface area contributed by atoms with Crippen molar-refractivity contribution in [3.63, 3.8) is 0 Å². The third-order valence-electron chi connectivity index (χ3n) is 1.25. The molecule has 5 heteroatoms. The summed E-state index contributed by atoms with van der Waals surface area (Å²) in [5, 5.41) is 23.5. The number of hydrogen-bond donors (Lipinski definition) is 0. The molecule has 0 aromatic carbocycles. The maximum absolute atomic E-state index is 7.83. The van der Waals surface area contributed by atoms with Crippen LogP contribution in [-0.4, -0.2) is 6.71 Å². The van der Waals surface area contributed by atoms with E-state index >= 15 is 0 Å². The molecule has 0 spiro atoms. The van der Waals surface area contributed by atoms with Crippen molar-refractivity contribution in [1.82, 2.24) is 0 Å². The van der Waals surface area contributed by atoms with Gasteiger partial charge in [-0.15, -0.1) is 0 Å². The fourth-order valence-electron chi connectivity index (χ4n) is 0.570. The van der Waals surface area contributed by atoms with E-state index in [2.05, 4.69) is 18.0 Å². The van der Waals surface area contributed by atoms with Gasteiger partial charge in [0.1, 0.15) is 0 Å². The van der Waals surface area contributed by atoms with Crippen LogP contribution in [0, 0.1) is 40.6 Å². The fourth-order valence-corrected chi connectivity index (χ4v) is 0.570. The SMILES string of the molecule is Cc1ccc[nH+]c1.N#C[B-](C#N)C#N. The molecule has 0 bridgehead atoms. The van der Waals surface area contributed by atoms with E-state index in [9.17, 15) is 0 Å². The number of aromatic nitrogens is 1. The van der Waals surface area contributed by atoms with Crippen molar-refractivity contribution in [2.75, 3.05) is 0 Å². The summed E-state index contributed by atoms with van der Waals surface area (Å²) in [4.78, 5) is 2.96. The van der Waals surface area contributed by atoms with E-state index in [1.807, 2.05) is 18.5 Å². The summed E-state index contributed by atoms with van der Waals surface area (Å²) in [5.74, 6) is 4.44. The third-order valence-corrected chi connectivity index (χ3v) is 1.25. The van der Waals surface area contributed by atoms with Gasteiger partial charge in [-0.1, -0.05) is 0 Å². The van der Waals surface area contributed by atoms with Gasteiger partial charge >= 0.3 is 0 Å². The lowest BCUT2D eigenvalue weighted by atomic mass is 9.55. The van der Waals surface area contributed by atoms with Crippen molar-refractivity contribution in [3.05, 3.63) is 30.1 Å². The number of nitriles is 3. The van der Waals surface area contributed by atoms with E-state index in [0.717, 1.165) is 0 Å². The van der Waals surface area contributed by atoms with Crippen LogP contribution in [0.2, 0.25) is 0 Å². The van der Waals surface area contributed by atoms with E-state index < -0.39 is 6.71 Å². The normalized spacial score (nSPS) is 7.36. The number of hydrogen-bond acceptors (Lipinski definition) is 3. The Morgan fingerprint density at radius 1 is 1.21 bits per heavy atom. The van der Waals surface area contributed by atoms with Crippen molar-refractivity contribution < 1.29 is 4.98 Å². The van der Waals surface area contributed by atoms with E-state index in [-0.39, 0.29) is 0 Å². The molecule has 1 N–H and O–H groups in total. The van der Waals surface area contributed by atoms with Crippen LogP contribution in [0.25, 0.3) is 0 Å². The highest BCUT2D eigenvalue weighted by Crippen LogP contribution is 1.84. The second-order valence-electron chi connectivity index (χ2n) is 2.40. The summed E-state index contributed by atoms with van der Waals surface area (Å²) in [6, 6.07) is 4.03. The Bertz CT molecular complexity index is 349. The number of aryl methyl sites for hydroxylation is 1. The van der Waals surface area contributed by atoms with Crippen molar-refractivity contribution >= 4 is 6.71 Å². The van der Waals surface area contributed by atoms with Crippen LogP contribution in [-0.2, 0) is 0 Å². The average Bonchev–Trinajstić information content (AvgIpc) is 2.22. The number of H-pyrrole nitrogens is 1. The van der Waals surface area contributed by atoms with Gasteiger partial charge in [-0.3, -0.25) is 15.8 Å². The van der Waals surface area contributed by atoms with E-state index in [0.29, 0.717) is 0 Å². The number of pyridine rings is 1. The molecule has 0 saturated heterocycles. The zero-order valence-electron chi connectivity index (χ0n) is 7.73. The van der Waals surface area contributed by atoms with Gasteiger partial charge in [-0.05, 0) is 13.0 Å². The molecule has 14 heavy (non-hydrogen) atoms. The van der Waals surface area contributed by atoms with Crippen molar-refractivity contribution in [3.8, 4) is 17.9 Å². The first-order chi connectivity index (χ1) is 6.74. The number of nitrogens with zero attached hydrogens (tertiary/aromatic N) is 3. The minimum Gasteiger partial charge on any atom is -0.251 e. The first kappa shape index (κ1) is 11.7. The minimum atomic E-state index is -1.10. The topological polar surface area (TPSA) is 85.5 Å². The molecule has 1 rings (SSSR count). The molecule has 1 aromatic heterocycles. The van der Waals surface area contributed by atoms with Gasteiger partial charge in [0.15, 0.2) is 12.4 Å². The van der Waals surface area contributed by atoms with Crippen LogP contribution in [0.4, 0.5) is 0 Å². The van der Waals surface area contributed by atoms with Crippen molar-refractivity contribution in [1.29, 1.82) is 15.8 Å². The first-order valence-corrected chi connectivity index (χ1v) is 3.86. The second kappa shape index (κ2) is 7.34. The monoisotopic (exact) mass is 183 g/mol. The molecule has 0 aliphatic carbocycles. The summed E-state index contributed by atoms with van der Waals surface area (Å²) in [6.45, 7) is 0.955. The largest absolute Gasteiger partial charge is 0.251 e. The summed E-state index contributed by atoms with van der Waals surface area (Å²) < 4.78 is 0. The molecule has 0 aliphatic heterocycles. The standard InChI is InChI=1S/C6H7N.C3BN3/c1-6-3-2-4-7-5-6;5-1-4(2-6)3-7/h2-5H,1H3;/q;-1/p+1. The molecule has 4 nitrogen and oxygen atoms in total. The molecule has 0 fully saturated rings. The quantitative estimate of drug-likeness (QED) is 0.548. The summed E-state index contributed by atoms with van der Waals surface area (Å²) in [6.07, 6.45) is 3.85. The highest BCUT2D eigenvalue weighted by atomic mass is 14.6. The predicted molar refractivity (Wildman–Crippen MR) is 50.3 cm³/mol. The number of nitrogens with one attached hydrogen (secondary N) is 1. The van der Waals surface area contributed by atoms with E-state index in [4.69, 9.17) is 15.8 Å². The summed E-state index contributed by atoms with van der Waals surface area (Å²) >= 11 is 0. The van der Waals surface area contributed by atoms with Crippen LogP contribution in [0.5, 0.6) is 0 Å². The average molecular weight is 183 g/mol. The maximum Gasteiger partial charge on any atom is 0.218 e. The Balaban J connectivity index is 0.000000241. The Labute approximate surface area is 83.1 Å². The van der Waals surface area contributed by atoms with E-state index in [1.54, 1.807) is 0 Å². The smallest absolute Gasteiger partial charge is 0.218 e. The summed E-state index contributed by atoms with van der Waals surface area (Å²) in [5.41, 5.74) is 1.27. The fraction of sp³-hybridized carbons (Fsp3) is 0.111. The zero-order chi connectivity index (χ0) is 10.8. The van der Waals surface area contributed by atoms with Crippen molar-refractivity contribution in [2.24, 2.45) is 0 Å². The molecule has 1 radical (unpaired) electrons. The molecule has 0 aliphatic rings. The first-order valence-electron chi connectivity index (χ1n) is 3.86. The Hall–Kier alpha value is -2.32. The predicted octanol–water partition coefficient (Wildman–Crippen LogP) is 0.479. The van der Waals surface area contributed by atoms with E-state index in [1.165, 1.54) is 23.5 Å². The van der Waals surface area contributed by atoms with Gasteiger partial charge in [-0.2, -0.15) is 17.9 Å². The Morgan fingerprint density at radius 3 is 1.93 bits per heavy atom. The summed E-state index contributed by atoms with van der Waals surface area (Å²) in [7, 11) is 0. The lowest BCUT2D eigenvalue weighted by Crippen LogP contribution is -2.01. The molecule has 0 amide bonds. The zero-order valence-corrected chi connectivity index (χ0v) is 7.73. The maximum atomic E-state index is 7.83. The Morgan fingerprint density at radius 2 is 1.79 bits per heavy atom. The molecular weight excluding hydrogens is 175 g/mol. The minimum absolute atomic E-state index is 1.10. The number of rotatable bonds is 0. The van der Waals surface area contributed by atoms with Gasteiger partial charge in [0.2, 0.25) is 6.71 Å². The third kappa shape index (κ3) is 5.35. The lowest BCUT2D eigenvalue weighted by Gasteiger charge is -1.83. The van der Waals surface area contributed by atoms with Crippen LogP contribution in [0.15, 0.2) is 24.5 Å². The van der Waals surface area contributed by atoms with Gasteiger partial charge in [0, 0.05) is 11.6 Å². The van der Waals surface area contributed by atoms with Gasteiger partial charge in [0.05, 0.1) is 0 Å². The van der Waals surface area contributed by atoms with Gasteiger partial charge < -0.3 is 0 Å². The van der Waals surface area contributed by atoms with Crippen LogP contribution < -0.4 is 4.98 Å². The lowest BCUT2D eigenvalue weighted by molar-refractivity contribution is -0.378. The van der Waals surface area contributed by atoms with Crippen molar-refractivity contribution in [2.45, 2.75) is 6.92 Å². The molecule has 1 aromatic rings. The van der Waals surface area contributed by atoms with Gasteiger partial charge in [-0.25, -0.2) is 4.98 Å². The second-order valence-corrected chi connectivity index (χ2v) is 2.40. The molecule has 0 saturated carbocycles. The van der Waals surface area contributed by atoms with Crippen LogP contribution in [0.3, 0.4) is 0 Å². The molecule has 0 unspecified atom stereocenters. The van der Waals surface area contributed by atoms with Crippen LogP contribution >= 0.6 is 0 Å². The molecule has 67 valence electrons. The molecule has 0 atom stereocenters. The van der Waals surface area contributed by atoms with Crippen LogP contribution in [0.1, 0.15) is 5.56 Å². The molecule has 1 heterocycles. The molecular formula is C9H8BN4. The highest BCUT2D eigenvalue weighted by Gasteiger charge is 1.85.